The molecule has 0 radical (unpaired) electrons. The zero-order valence-corrected chi connectivity index (χ0v) is 16.0. The second-order valence-corrected chi connectivity index (χ2v) is 7.06. The van der Waals surface area contributed by atoms with E-state index < -0.39 is 5.97 Å². The van der Waals surface area contributed by atoms with Crippen molar-refractivity contribution >= 4 is 32.7 Å². The van der Waals surface area contributed by atoms with Crippen LogP contribution >= 0.6 is 15.9 Å². The maximum Gasteiger partial charge on any atom is 0.349 e. The Morgan fingerprint density at radius 1 is 0.920 bits per heavy atom. The van der Waals surface area contributed by atoms with Crippen molar-refractivity contribution in [1.82, 2.24) is 0 Å². The lowest BCUT2D eigenvalue weighted by Crippen LogP contribution is -2.18. The fourth-order valence-corrected chi connectivity index (χ4v) is 3.32. The minimum absolute atomic E-state index is 0.122. The van der Waals surface area contributed by atoms with Gasteiger partial charge < -0.3 is 9.47 Å². The Hall–Kier alpha value is -2.33. The van der Waals surface area contributed by atoms with Crippen molar-refractivity contribution < 1.29 is 14.3 Å². The van der Waals surface area contributed by atoms with Gasteiger partial charge in [-0.3, -0.25) is 0 Å². The molecule has 3 aromatic carbocycles. The molecule has 0 aliphatic heterocycles. The molecule has 0 spiro atoms. The van der Waals surface area contributed by atoms with E-state index in [2.05, 4.69) is 15.9 Å². The fourth-order valence-electron chi connectivity index (χ4n) is 2.94. The zero-order chi connectivity index (χ0) is 18.0. The van der Waals surface area contributed by atoms with Gasteiger partial charge in [-0.15, -0.1) is 0 Å². The molecule has 0 saturated carbocycles. The van der Waals surface area contributed by atoms with Crippen LogP contribution in [0, 0.1) is 20.8 Å². The number of aryl methyl sites for hydroxylation is 3. The molecule has 4 heteroatoms. The van der Waals surface area contributed by atoms with E-state index in [0.29, 0.717) is 5.75 Å². The van der Waals surface area contributed by atoms with Gasteiger partial charge >= 0.3 is 5.97 Å². The third kappa shape index (κ3) is 4.20. The van der Waals surface area contributed by atoms with Gasteiger partial charge in [0.05, 0.1) is 0 Å². The lowest BCUT2D eigenvalue weighted by molar-refractivity contribution is -0.136. The van der Waals surface area contributed by atoms with E-state index in [9.17, 15) is 4.79 Å². The van der Waals surface area contributed by atoms with Crippen LogP contribution in [0.5, 0.6) is 11.5 Å². The third-order valence-corrected chi connectivity index (χ3v) is 4.44. The summed E-state index contributed by atoms with van der Waals surface area (Å²) in [5.74, 6) is 0.836. The molecular formula is C21H19BrO3. The molecule has 0 saturated heterocycles. The number of rotatable bonds is 4. The van der Waals surface area contributed by atoms with E-state index in [1.807, 2.05) is 63.2 Å². The van der Waals surface area contributed by atoms with Gasteiger partial charge in [-0.05, 0) is 66.9 Å². The molecule has 128 valence electrons. The van der Waals surface area contributed by atoms with Crippen LogP contribution in [-0.2, 0) is 4.79 Å². The Balaban J connectivity index is 1.68. The summed E-state index contributed by atoms with van der Waals surface area (Å²) in [6.07, 6.45) is 0. The standard InChI is InChI=1S/C21H19BrO3/c1-13-8-14(2)21(15(3)9-13)24-12-20(23)25-19-7-5-16-10-18(22)6-4-17(16)11-19/h4-11H,12H2,1-3H3. The van der Waals surface area contributed by atoms with Crippen LogP contribution in [-0.4, -0.2) is 12.6 Å². The van der Waals surface area contributed by atoms with E-state index in [0.717, 1.165) is 32.1 Å². The SMILES string of the molecule is Cc1cc(C)c(OCC(=O)Oc2ccc3cc(Br)ccc3c2)c(C)c1. The Morgan fingerprint density at radius 2 is 1.56 bits per heavy atom. The molecule has 0 atom stereocenters. The summed E-state index contributed by atoms with van der Waals surface area (Å²) in [5, 5.41) is 2.09. The normalized spacial score (nSPS) is 10.7. The van der Waals surface area contributed by atoms with Crippen LogP contribution in [0.1, 0.15) is 16.7 Å². The summed E-state index contributed by atoms with van der Waals surface area (Å²) < 4.78 is 12.1. The molecule has 0 aliphatic rings. The highest BCUT2D eigenvalue weighted by atomic mass is 79.9. The summed E-state index contributed by atoms with van der Waals surface area (Å²) in [7, 11) is 0. The topological polar surface area (TPSA) is 35.5 Å². The minimum Gasteiger partial charge on any atom is -0.481 e. The molecule has 0 amide bonds. The number of hydrogen-bond donors (Lipinski definition) is 0. The number of benzene rings is 3. The van der Waals surface area contributed by atoms with Gasteiger partial charge in [0.25, 0.3) is 0 Å². The van der Waals surface area contributed by atoms with E-state index >= 15 is 0 Å². The first kappa shape index (κ1) is 17.5. The maximum atomic E-state index is 12.1. The summed E-state index contributed by atoms with van der Waals surface area (Å²) in [4.78, 5) is 12.1. The summed E-state index contributed by atoms with van der Waals surface area (Å²) >= 11 is 3.45. The molecule has 3 rings (SSSR count). The van der Waals surface area contributed by atoms with Gasteiger partial charge in [-0.1, -0.05) is 45.8 Å². The van der Waals surface area contributed by atoms with Gasteiger partial charge in [-0.25, -0.2) is 4.79 Å². The molecule has 3 aromatic rings. The summed E-state index contributed by atoms with van der Waals surface area (Å²) in [6.45, 7) is 5.86. The van der Waals surface area contributed by atoms with Crippen LogP contribution in [0.3, 0.4) is 0 Å². The van der Waals surface area contributed by atoms with E-state index in [1.54, 1.807) is 6.07 Å². The van der Waals surface area contributed by atoms with Gasteiger partial charge in [0.1, 0.15) is 11.5 Å². The van der Waals surface area contributed by atoms with Gasteiger partial charge in [0.2, 0.25) is 0 Å². The average molecular weight is 399 g/mol. The number of carbonyl (C=O) groups excluding carboxylic acids is 1. The van der Waals surface area contributed by atoms with Crippen molar-refractivity contribution in [3.8, 4) is 11.5 Å². The number of hydrogen-bond acceptors (Lipinski definition) is 3. The smallest absolute Gasteiger partial charge is 0.349 e. The zero-order valence-electron chi connectivity index (χ0n) is 14.4. The second kappa shape index (κ2) is 7.28. The highest BCUT2D eigenvalue weighted by molar-refractivity contribution is 9.10. The molecule has 25 heavy (non-hydrogen) atoms. The van der Waals surface area contributed by atoms with Crippen molar-refractivity contribution in [3.05, 3.63) is 69.7 Å². The molecule has 0 fully saturated rings. The van der Waals surface area contributed by atoms with Crippen molar-refractivity contribution in [1.29, 1.82) is 0 Å². The van der Waals surface area contributed by atoms with Gasteiger partial charge in [-0.2, -0.15) is 0 Å². The predicted octanol–water partition coefficient (Wildman–Crippen LogP) is 5.51. The highest BCUT2D eigenvalue weighted by Crippen LogP contribution is 2.26. The molecule has 0 aromatic heterocycles. The number of halogens is 1. The van der Waals surface area contributed by atoms with Crippen LogP contribution < -0.4 is 9.47 Å². The molecule has 0 aliphatic carbocycles. The fraction of sp³-hybridized carbons (Fsp3) is 0.190. The van der Waals surface area contributed by atoms with Crippen LogP contribution in [0.15, 0.2) is 53.0 Å². The number of esters is 1. The second-order valence-electron chi connectivity index (χ2n) is 6.14. The lowest BCUT2D eigenvalue weighted by Gasteiger charge is -2.13. The number of carbonyl (C=O) groups is 1. The first-order valence-electron chi connectivity index (χ1n) is 8.03. The van der Waals surface area contributed by atoms with Crippen molar-refractivity contribution in [2.45, 2.75) is 20.8 Å². The monoisotopic (exact) mass is 398 g/mol. The molecule has 0 N–H and O–H groups in total. The van der Waals surface area contributed by atoms with Crippen molar-refractivity contribution in [3.63, 3.8) is 0 Å². The van der Waals surface area contributed by atoms with E-state index in [-0.39, 0.29) is 6.61 Å². The molecular weight excluding hydrogens is 380 g/mol. The maximum absolute atomic E-state index is 12.1. The molecule has 0 bridgehead atoms. The Bertz CT molecular complexity index is 924. The third-order valence-electron chi connectivity index (χ3n) is 3.94. The van der Waals surface area contributed by atoms with Crippen LogP contribution in [0.25, 0.3) is 10.8 Å². The Kier molecular flexibility index (Phi) is 5.09. The van der Waals surface area contributed by atoms with Gasteiger partial charge in [0.15, 0.2) is 6.61 Å². The largest absolute Gasteiger partial charge is 0.481 e. The lowest BCUT2D eigenvalue weighted by atomic mass is 10.1. The molecule has 3 nitrogen and oxygen atoms in total. The summed E-state index contributed by atoms with van der Waals surface area (Å²) in [5.41, 5.74) is 3.20. The Morgan fingerprint density at radius 3 is 2.28 bits per heavy atom. The molecule has 0 unspecified atom stereocenters. The Labute approximate surface area is 155 Å². The average Bonchev–Trinajstić information content (AvgIpc) is 2.54. The highest BCUT2D eigenvalue weighted by Gasteiger charge is 2.10. The first-order chi connectivity index (χ1) is 11.9. The predicted molar refractivity (Wildman–Crippen MR) is 103 cm³/mol. The van der Waals surface area contributed by atoms with Crippen LogP contribution in [0.4, 0.5) is 0 Å². The summed E-state index contributed by atoms with van der Waals surface area (Å²) in [6, 6.07) is 15.6. The van der Waals surface area contributed by atoms with E-state index in [4.69, 9.17) is 9.47 Å². The quantitative estimate of drug-likeness (QED) is 0.429. The number of ether oxygens (including phenoxy) is 2. The molecule has 0 heterocycles. The number of fused-ring (bicyclic) bond motifs is 1. The van der Waals surface area contributed by atoms with Crippen LogP contribution in [0.2, 0.25) is 0 Å². The minimum atomic E-state index is -0.421. The van der Waals surface area contributed by atoms with Gasteiger partial charge in [0, 0.05) is 4.47 Å². The first-order valence-corrected chi connectivity index (χ1v) is 8.82. The van der Waals surface area contributed by atoms with Crippen molar-refractivity contribution in [2.24, 2.45) is 0 Å². The van der Waals surface area contributed by atoms with Crippen molar-refractivity contribution in [2.75, 3.05) is 6.61 Å². The van der Waals surface area contributed by atoms with E-state index in [1.165, 1.54) is 5.56 Å².